The van der Waals surface area contributed by atoms with E-state index in [0.29, 0.717) is 23.8 Å². The van der Waals surface area contributed by atoms with Crippen LogP contribution < -0.4 is 5.73 Å². The van der Waals surface area contributed by atoms with Gasteiger partial charge in [-0.15, -0.1) is 0 Å². The van der Waals surface area contributed by atoms with Crippen LogP contribution >= 0.6 is 11.6 Å². The van der Waals surface area contributed by atoms with Crippen molar-refractivity contribution in [1.82, 2.24) is 9.30 Å². The molecule has 5 heteroatoms. The second-order valence-electron chi connectivity index (χ2n) is 9.00. The molecule has 0 aliphatic rings. The monoisotopic (exact) mass is 493 g/mol. The highest BCUT2D eigenvalue weighted by Gasteiger charge is 2.22. The number of hydrogen-bond donors (Lipinski definition) is 1. The molecule has 0 bridgehead atoms. The number of carbonyl (C=O) groups excluding carboxylic acids is 1. The molecule has 180 valence electrons. The summed E-state index contributed by atoms with van der Waals surface area (Å²) < 4.78 is 1.99. The smallest absolute Gasteiger partial charge is 0.194 e. The lowest BCUT2D eigenvalue weighted by molar-refractivity contribution is 0.0916. The van der Waals surface area contributed by atoms with Crippen LogP contribution in [-0.4, -0.2) is 28.2 Å². The first kappa shape index (κ1) is 24.0. The lowest BCUT2D eigenvalue weighted by Gasteiger charge is -2.26. The Morgan fingerprint density at radius 2 is 1.53 bits per heavy atom. The Kier molecular flexibility index (Phi) is 7.28. The molecule has 0 aliphatic heterocycles. The van der Waals surface area contributed by atoms with Gasteiger partial charge in [-0.3, -0.25) is 9.69 Å². The maximum Gasteiger partial charge on any atom is 0.194 e. The van der Waals surface area contributed by atoms with Crippen molar-refractivity contribution >= 4 is 22.9 Å². The van der Waals surface area contributed by atoms with E-state index in [1.807, 2.05) is 114 Å². The van der Waals surface area contributed by atoms with Crippen molar-refractivity contribution in [1.29, 1.82) is 0 Å². The third-order valence-electron chi connectivity index (χ3n) is 6.40. The van der Waals surface area contributed by atoms with Gasteiger partial charge < -0.3 is 10.1 Å². The van der Waals surface area contributed by atoms with Gasteiger partial charge in [0.25, 0.3) is 0 Å². The van der Waals surface area contributed by atoms with Crippen LogP contribution in [0.5, 0.6) is 0 Å². The van der Waals surface area contributed by atoms with Crippen molar-refractivity contribution < 1.29 is 4.79 Å². The number of aromatic nitrogens is 1. The summed E-state index contributed by atoms with van der Waals surface area (Å²) in [5, 5.41) is 0.689. The first-order chi connectivity index (χ1) is 17.6. The van der Waals surface area contributed by atoms with E-state index in [4.69, 9.17) is 17.3 Å². The third-order valence-corrected chi connectivity index (χ3v) is 6.65. The first-order valence-corrected chi connectivity index (χ1v) is 12.4. The second kappa shape index (κ2) is 10.9. The van der Waals surface area contributed by atoms with Crippen LogP contribution in [0, 0.1) is 0 Å². The Balaban J connectivity index is 1.48. The molecule has 0 fully saturated rings. The zero-order valence-electron chi connectivity index (χ0n) is 19.9. The summed E-state index contributed by atoms with van der Waals surface area (Å²) in [5.41, 5.74) is 12.4. The Morgan fingerprint density at radius 1 is 0.861 bits per heavy atom. The minimum atomic E-state index is -0.219. The number of Topliss-reactive ketones (excluding diaryl/α,β-unsaturated/α-hetero) is 1. The molecular weight excluding hydrogens is 466 g/mol. The molecule has 0 aliphatic carbocycles. The average molecular weight is 494 g/mol. The van der Waals surface area contributed by atoms with Crippen molar-refractivity contribution in [2.24, 2.45) is 5.73 Å². The van der Waals surface area contributed by atoms with Crippen molar-refractivity contribution in [3.63, 3.8) is 0 Å². The van der Waals surface area contributed by atoms with E-state index < -0.39 is 0 Å². The molecule has 0 amide bonds. The number of benzene rings is 3. The number of halogens is 1. The van der Waals surface area contributed by atoms with Gasteiger partial charge in [-0.2, -0.15) is 0 Å². The zero-order chi connectivity index (χ0) is 24.9. The molecule has 2 heterocycles. The van der Waals surface area contributed by atoms with E-state index in [0.717, 1.165) is 27.8 Å². The number of pyridine rings is 1. The molecule has 4 nitrogen and oxygen atoms in total. The number of ketones is 1. The van der Waals surface area contributed by atoms with Crippen molar-refractivity contribution in [2.45, 2.75) is 12.6 Å². The van der Waals surface area contributed by atoms with Gasteiger partial charge in [-0.1, -0.05) is 90.5 Å². The molecule has 2 aromatic heterocycles. The van der Waals surface area contributed by atoms with Gasteiger partial charge in [0, 0.05) is 41.4 Å². The molecule has 0 spiro atoms. The number of fused-ring (bicyclic) bond motifs is 1. The average Bonchev–Trinajstić information content (AvgIpc) is 3.31. The maximum absolute atomic E-state index is 14.0. The van der Waals surface area contributed by atoms with Gasteiger partial charge in [-0.05, 0) is 47.0 Å². The Hall–Kier alpha value is -3.70. The van der Waals surface area contributed by atoms with Gasteiger partial charge >= 0.3 is 0 Å². The summed E-state index contributed by atoms with van der Waals surface area (Å²) in [6.07, 6.45) is 1.95. The van der Waals surface area contributed by atoms with Gasteiger partial charge in [0.1, 0.15) is 0 Å². The molecule has 36 heavy (non-hydrogen) atoms. The Labute approximate surface area is 216 Å². The molecule has 0 radical (unpaired) electrons. The number of rotatable bonds is 9. The number of carbonyl (C=O) groups is 1. The van der Waals surface area contributed by atoms with Crippen LogP contribution in [0.3, 0.4) is 0 Å². The summed E-state index contributed by atoms with van der Waals surface area (Å²) in [6.45, 7) is 1.37. The quantitative estimate of drug-likeness (QED) is 0.234. The molecule has 1 unspecified atom stereocenters. The summed E-state index contributed by atoms with van der Waals surface area (Å²) in [5.74, 6) is 0.0503. The number of nitrogens with two attached hydrogens (primary N) is 1. The summed E-state index contributed by atoms with van der Waals surface area (Å²) in [4.78, 5) is 16.1. The fourth-order valence-corrected chi connectivity index (χ4v) is 4.77. The fourth-order valence-electron chi connectivity index (χ4n) is 4.64. The largest absolute Gasteiger partial charge is 0.323 e. The molecule has 2 N–H and O–H groups in total. The predicted octanol–water partition coefficient (Wildman–Crippen LogP) is 6.64. The van der Waals surface area contributed by atoms with Gasteiger partial charge in [0.2, 0.25) is 0 Å². The normalized spacial score (nSPS) is 12.2. The van der Waals surface area contributed by atoms with Crippen LogP contribution in [0.2, 0.25) is 5.02 Å². The molecule has 5 rings (SSSR count). The summed E-state index contributed by atoms with van der Waals surface area (Å²) in [6, 6.07) is 35.7. The molecular formula is C31H28ClN3O. The molecule has 0 saturated heterocycles. The van der Waals surface area contributed by atoms with E-state index in [1.54, 1.807) is 0 Å². The van der Waals surface area contributed by atoms with Crippen molar-refractivity contribution in [2.75, 3.05) is 13.1 Å². The zero-order valence-corrected chi connectivity index (χ0v) is 20.7. The maximum atomic E-state index is 14.0. The van der Waals surface area contributed by atoms with Crippen LogP contribution in [0.4, 0.5) is 0 Å². The fraction of sp³-hybridized carbons (Fsp3) is 0.129. The Bertz CT molecular complexity index is 1450. The highest BCUT2D eigenvalue weighted by atomic mass is 35.5. The lowest BCUT2D eigenvalue weighted by atomic mass is 10.0. The van der Waals surface area contributed by atoms with E-state index in [2.05, 4.69) is 11.0 Å². The van der Waals surface area contributed by atoms with E-state index in [9.17, 15) is 4.79 Å². The van der Waals surface area contributed by atoms with Gasteiger partial charge in [0.15, 0.2) is 5.78 Å². The van der Waals surface area contributed by atoms with E-state index in [-0.39, 0.29) is 18.4 Å². The van der Waals surface area contributed by atoms with Crippen LogP contribution in [0.25, 0.3) is 16.6 Å². The van der Waals surface area contributed by atoms with Crippen molar-refractivity contribution in [3.8, 4) is 11.1 Å². The topological polar surface area (TPSA) is 50.7 Å². The number of hydrogen-bond acceptors (Lipinski definition) is 3. The van der Waals surface area contributed by atoms with Crippen LogP contribution in [0.15, 0.2) is 115 Å². The Morgan fingerprint density at radius 3 is 2.25 bits per heavy atom. The minimum absolute atomic E-state index is 0.0503. The van der Waals surface area contributed by atoms with E-state index >= 15 is 0 Å². The highest BCUT2D eigenvalue weighted by Crippen LogP contribution is 2.28. The van der Waals surface area contributed by atoms with E-state index in [1.165, 1.54) is 0 Å². The molecule has 1 atom stereocenters. The molecule has 5 aromatic rings. The lowest BCUT2D eigenvalue weighted by Crippen LogP contribution is -2.36. The molecule has 0 saturated carbocycles. The minimum Gasteiger partial charge on any atom is -0.323 e. The molecule has 3 aromatic carbocycles. The SMILES string of the molecule is NC(CN(CC(=O)c1c(-c2ccccc2)cc2ccccn12)Cc1ccc(Cl)cc1)c1ccccc1. The summed E-state index contributed by atoms with van der Waals surface area (Å²) >= 11 is 6.11. The predicted molar refractivity (Wildman–Crippen MR) is 147 cm³/mol. The van der Waals surface area contributed by atoms with Gasteiger partial charge in [-0.25, -0.2) is 0 Å². The third kappa shape index (κ3) is 5.42. The van der Waals surface area contributed by atoms with Crippen molar-refractivity contribution in [3.05, 3.63) is 137 Å². The standard InChI is InChI=1S/C31H28ClN3O/c32-26-16-14-23(15-17-26)20-34(21-29(33)25-11-5-2-6-12-25)22-30(36)31-28(24-9-3-1-4-10-24)19-27-13-7-8-18-35(27)31/h1-19,29H,20-22,33H2. The highest BCUT2D eigenvalue weighted by molar-refractivity contribution is 6.30. The number of nitrogens with zero attached hydrogens (tertiary/aromatic N) is 2. The first-order valence-electron chi connectivity index (χ1n) is 12.0. The van der Waals surface area contributed by atoms with Crippen LogP contribution in [-0.2, 0) is 6.54 Å². The summed E-state index contributed by atoms with van der Waals surface area (Å²) in [7, 11) is 0. The van der Waals surface area contributed by atoms with Gasteiger partial charge in [0.05, 0.1) is 12.2 Å². The van der Waals surface area contributed by atoms with Crippen LogP contribution in [0.1, 0.15) is 27.7 Å². The second-order valence-corrected chi connectivity index (χ2v) is 9.44.